The summed E-state index contributed by atoms with van der Waals surface area (Å²) in [5.74, 6) is 0.0452. The molecule has 0 radical (unpaired) electrons. The highest BCUT2D eigenvalue weighted by Crippen LogP contribution is 2.27. The number of benzene rings is 2. The molecule has 0 aliphatic rings. The summed E-state index contributed by atoms with van der Waals surface area (Å²) < 4.78 is 5.56. The van der Waals surface area contributed by atoms with Crippen LogP contribution in [0.15, 0.2) is 42.5 Å². The minimum absolute atomic E-state index is 0.0987. The fourth-order valence-corrected chi connectivity index (χ4v) is 3.17. The first-order valence-electron chi connectivity index (χ1n) is 9.40. The van der Waals surface area contributed by atoms with Crippen LogP contribution in [0, 0.1) is 5.92 Å². The van der Waals surface area contributed by atoms with Crippen LogP contribution >= 0.6 is 0 Å². The number of anilines is 1. The molecule has 2 aromatic rings. The fourth-order valence-electron chi connectivity index (χ4n) is 3.17. The number of nitrogens with zero attached hydrogens (tertiary/aromatic N) is 1. The Kier molecular flexibility index (Phi) is 6.86. The number of hydrogen-bond acceptors (Lipinski definition) is 3. The van der Waals surface area contributed by atoms with Gasteiger partial charge in [0.25, 0.3) is 0 Å². The molecule has 25 heavy (non-hydrogen) atoms. The van der Waals surface area contributed by atoms with Crippen molar-refractivity contribution in [3.05, 3.63) is 42.5 Å². The lowest BCUT2D eigenvalue weighted by Crippen LogP contribution is -2.47. The number of rotatable bonds is 8. The summed E-state index contributed by atoms with van der Waals surface area (Å²) in [6.45, 7) is 11.0. The molecule has 0 aliphatic heterocycles. The van der Waals surface area contributed by atoms with E-state index in [9.17, 15) is 4.79 Å². The summed E-state index contributed by atoms with van der Waals surface area (Å²) in [7, 11) is 0. The van der Waals surface area contributed by atoms with Gasteiger partial charge < -0.3 is 9.64 Å². The van der Waals surface area contributed by atoms with Crippen molar-refractivity contribution in [2.45, 2.75) is 59.6 Å². The van der Waals surface area contributed by atoms with Gasteiger partial charge in [0.15, 0.2) is 0 Å². The highest BCUT2D eigenvalue weighted by Gasteiger charge is 2.31. The molecule has 0 amide bonds. The maximum atomic E-state index is 12.8. The standard InChI is InChI=1S/C22H31NO2/c1-6-7-14-23(21(16(2)3)22(24)25-17(4)5)20-13-12-18-10-8-9-11-19(18)15-20/h8-13,15-17,21H,6-7,14H2,1-5H3. The van der Waals surface area contributed by atoms with Gasteiger partial charge in [0, 0.05) is 12.2 Å². The second kappa shape index (κ2) is 8.89. The van der Waals surface area contributed by atoms with Crippen LogP contribution in [0.5, 0.6) is 0 Å². The van der Waals surface area contributed by atoms with Gasteiger partial charge in [-0.3, -0.25) is 0 Å². The maximum absolute atomic E-state index is 12.8. The molecule has 0 spiro atoms. The number of carbonyl (C=O) groups excluding carboxylic acids is 1. The van der Waals surface area contributed by atoms with Gasteiger partial charge in [-0.25, -0.2) is 4.79 Å². The van der Waals surface area contributed by atoms with Crippen LogP contribution in [0.1, 0.15) is 47.5 Å². The van der Waals surface area contributed by atoms with E-state index in [4.69, 9.17) is 4.74 Å². The van der Waals surface area contributed by atoms with Crippen molar-refractivity contribution in [3.8, 4) is 0 Å². The molecule has 0 saturated carbocycles. The van der Waals surface area contributed by atoms with Gasteiger partial charge in [-0.15, -0.1) is 0 Å². The molecule has 0 N–H and O–H groups in total. The van der Waals surface area contributed by atoms with Crippen LogP contribution in [-0.4, -0.2) is 24.7 Å². The zero-order valence-electron chi connectivity index (χ0n) is 16.2. The number of unbranched alkanes of at least 4 members (excludes halogenated alkanes) is 1. The van der Waals surface area contributed by atoms with Crippen LogP contribution in [0.25, 0.3) is 10.8 Å². The SMILES string of the molecule is CCCCN(c1ccc2ccccc2c1)C(C(=O)OC(C)C)C(C)C. The Labute approximate surface area is 152 Å². The van der Waals surface area contributed by atoms with Crippen molar-refractivity contribution < 1.29 is 9.53 Å². The summed E-state index contributed by atoms with van der Waals surface area (Å²) in [5, 5.41) is 2.41. The average Bonchev–Trinajstić information content (AvgIpc) is 2.56. The molecule has 3 heteroatoms. The van der Waals surface area contributed by atoms with Gasteiger partial charge in [-0.1, -0.05) is 57.5 Å². The third kappa shape index (κ3) is 4.97. The van der Waals surface area contributed by atoms with Gasteiger partial charge in [-0.05, 0) is 49.1 Å². The maximum Gasteiger partial charge on any atom is 0.329 e. The Hall–Kier alpha value is -2.03. The number of hydrogen-bond donors (Lipinski definition) is 0. The highest BCUT2D eigenvalue weighted by atomic mass is 16.5. The highest BCUT2D eigenvalue weighted by molar-refractivity contribution is 5.87. The predicted octanol–water partition coefficient (Wildman–Crippen LogP) is 5.42. The topological polar surface area (TPSA) is 29.5 Å². The lowest BCUT2D eigenvalue weighted by atomic mass is 10.00. The lowest BCUT2D eigenvalue weighted by molar-refractivity contribution is -0.150. The second-order valence-electron chi connectivity index (χ2n) is 7.25. The first kappa shape index (κ1) is 19.3. The summed E-state index contributed by atoms with van der Waals surface area (Å²) in [6, 6.07) is 14.5. The van der Waals surface area contributed by atoms with Crippen molar-refractivity contribution in [2.24, 2.45) is 5.92 Å². The molecule has 3 nitrogen and oxygen atoms in total. The first-order valence-corrected chi connectivity index (χ1v) is 9.40. The Bertz CT molecular complexity index is 693. The van der Waals surface area contributed by atoms with Gasteiger partial charge >= 0.3 is 5.97 Å². The zero-order valence-corrected chi connectivity index (χ0v) is 16.2. The van der Waals surface area contributed by atoms with E-state index in [1.54, 1.807) is 0 Å². The van der Waals surface area contributed by atoms with E-state index in [-0.39, 0.29) is 24.0 Å². The van der Waals surface area contributed by atoms with Gasteiger partial charge in [0.2, 0.25) is 0 Å². The molecule has 1 unspecified atom stereocenters. The number of ether oxygens (including phenoxy) is 1. The Morgan fingerprint density at radius 2 is 1.72 bits per heavy atom. The molecule has 136 valence electrons. The van der Waals surface area contributed by atoms with Gasteiger partial charge in [-0.2, -0.15) is 0 Å². The second-order valence-corrected chi connectivity index (χ2v) is 7.25. The zero-order chi connectivity index (χ0) is 18.4. The van der Waals surface area contributed by atoms with Crippen molar-refractivity contribution in [3.63, 3.8) is 0 Å². The molecule has 0 aromatic heterocycles. The smallest absolute Gasteiger partial charge is 0.329 e. The Morgan fingerprint density at radius 1 is 1.04 bits per heavy atom. The van der Waals surface area contributed by atoms with Crippen LogP contribution in [0.3, 0.4) is 0 Å². The Morgan fingerprint density at radius 3 is 2.32 bits per heavy atom. The van der Waals surface area contributed by atoms with E-state index in [1.807, 2.05) is 19.9 Å². The molecule has 0 heterocycles. The molecular weight excluding hydrogens is 310 g/mol. The van der Waals surface area contributed by atoms with Crippen LogP contribution in [-0.2, 0) is 9.53 Å². The van der Waals surface area contributed by atoms with Crippen LogP contribution < -0.4 is 4.90 Å². The van der Waals surface area contributed by atoms with E-state index >= 15 is 0 Å². The minimum atomic E-state index is -0.268. The summed E-state index contributed by atoms with van der Waals surface area (Å²) in [6.07, 6.45) is 2.04. The molecule has 1 atom stereocenters. The van der Waals surface area contributed by atoms with Crippen molar-refractivity contribution in [2.75, 3.05) is 11.4 Å². The number of esters is 1. The van der Waals surface area contributed by atoms with Gasteiger partial charge in [0.1, 0.15) is 6.04 Å². The normalized spacial score (nSPS) is 12.6. The third-order valence-corrected chi connectivity index (χ3v) is 4.38. The third-order valence-electron chi connectivity index (χ3n) is 4.38. The monoisotopic (exact) mass is 341 g/mol. The molecule has 2 aromatic carbocycles. The largest absolute Gasteiger partial charge is 0.461 e. The summed E-state index contributed by atoms with van der Waals surface area (Å²) in [5.41, 5.74) is 1.09. The number of carbonyl (C=O) groups is 1. The summed E-state index contributed by atoms with van der Waals surface area (Å²) >= 11 is 0. The number of fused-ring (bicyclic) bond motifs is 1. The van der Waals surface area contributed by atoms with Gasteiger partial charge in [0.05, 0.1) is 6.10 Å². The predicted molar refractivity (Wildman–Crippen MR) is 106 cm³/mol. The fraction of sp³-hybridized carbons (Fsp3) is 0.500. The molecule has 2 rings (SSSR count). The molecule has 0 aliphatic carbocycles. The average molecular weight is 341 g/mol. The van der Waals surface area contributed by atoms with E-state index in [0.29, 0.717) is 0 Å². The first-order chi connectivity index (χ1) is 11.9. The Balaban J connectivity index is 2.41. The van der Waals surface area contributed by atoms with E-state index < -0.39 is 0 Å². The van der Waals surface area contributed by atoms with Crippen molar-refractivity contribution >= 4 is 22.4 Å². The quantitative estimate of drug-likeness (QED) is 0.600. The molecular formula is C22H31NO2. The van der Waals surface area contributed by atoms with Crippen molar-refractivity contribution in [1.82, 2.24) is 0 Å². The van der Waals surface area contributed by atoms with Crippen molar-refractivity contribution in [1.29, 1.82) is 0 Å². The van der Waals surface area contributed by atoms with Crippen LogP contribution in [0.4, 0.5) is 5.69 Å². The minimum Gasteiger partial charge on any atom is -0.461 e. The van der Waals surface area contributed by atoms with E-state index in [1.165, 1.54) is 10.8 Å². The molecule has 0 bridgehead atoms. The molecule has 0 saturated heterocycles. The van der Waals surface area contributed by atoms with E-state index in [0.717, 1.165) is 25.1 Å². The summed E-state index contributed by atoms with van der Waals surface area (Å²) in [4.78, 5) is 15.0. The lowest BCUT2D eigenvalue weighted by Gasteiger charge is -2.35. The molecule has 0 fully saturated rings. The van der Waals surface area contributed by atoms with Crippen LogP contribution in [0.2, 0.25) is 0 Å². The van der Waals surface area contributed by atoms with E-state index in [2.05, 4.69) is 62.1 Å².